The zero-order valence-corrected chi connectivity index (χ0v) is 19.2. The van der Waals surface area contributed by atoms with Gasteiger partial charge in [0, 0.05) is 12.4 Å². The predicted molar refractivity (Wildman–Crippen MR) is 126 cm³/mol. The Morgan fingerprint density at radius 2 is 1.85 bits per heavy atom. The summed E-state index contributed by atoms with van der Waals surface area (Å²) in [6, 6.07) is 13.8. The van der Waals surface area contributed by atoms with Crippen molar-refractivity contribution >= 4 is 45.2 Å². The van der Waals surface area contributed by atoms with Gasteiger partial charge in [0.1, 0.15) is 18.1 Å². The highest BCUT2D eigenvalue weighted by Crippen LogP contribution is 2.25. The van der Waals surface area contributed by atoms with Crippen LogP contribution in [0.2, 0.25) is 0 Å². The van der Waals surface area contributed by atoms with Crippen molar-refractivity contribution in [1.29, 1.82) is 0 Å². The van der Waals surface area contributed by atoms with E-state index < -0.39 is 11.8 Å². The third-order valence-electron chi connectivity index (χ3n) is 5.09. The van der Waals surface area contributed by atoms with Crippen LogP contribution < -0.4 is 16.0 Å². The Bertz CT molecular complexity index is 1360. The number of hydrogen-bond acceptors (Lipinski definition) is 6. The Morgan fingerprint density at radius 3 is 2.56 bits per heavy atom. The van der Waals surface area contributed by atoms with E-state index in [4.69, 9.17) is 0 Å². The Kier molecular flexibility index (Phi) is 6.64. The van der Waals surface area contributed by atoms with Gasteiger partial charge in [0.25, 0.3) is 11.8 Å². The van der Waals surface area contributed by atoms with E-state index in [1.165, 1.54) is 35.3 Å². The van der Waals surface area contributed by atoms with Crippen molar-refractivity contribution < 1.29 is 18.8 Å². The summed E-state index contributed by atoms with van der Waals surface area (Å²) in [7, 11) is 1.48. The molecule has 2 aromatic carbocycles. The molecule has 0 unspecified atom stereocenters. The zero-order valence-electron chi connectivity index (χ0n) is 18.4. The first kappa shape index (κ1) is 23.1. The molecule has 4 aromatic rings. The SMILES string of the molecule is CNC(=O)c1nc(NC(=O)c2nsc3ccccc23)c2n1CC(=O)NC2.Cc1ccc(F)cc1. The number of aryl methyl sites for hydroxylation is 1. The minimum Gasteiger partial charge on any atom is -0.352 e. The zero-order chi connectivity index (χ0) is 24.2. The molecule has 0 saturated heterocycles. The molecule has 34 heavy (non-hydrogen) atoms. The fourth-order valence-corrected chi connectivity index (χ4v) is 4.13. The number of carbonyl (C=O) groups is 3. The first-order valence-electron chi connectivity index (χ1n) is 10.3. The molecule has 1 aliphatic rings. The molecular weight excluding hydrogens is 459 g/mol. The van der Waals surface area contributed by atoms with Crippen LogP contribution in [0.5, 0.6) is 0 Å². The van der Waals surface area contributed by atoms with Gasteiger partial charge in [-0.2, -0.15) is 4.37 Å². The van der Waals surface area contributed by atoms with Crippen LogP contribution >= 0.6 is 11.5 Å². The number of benzene rings is 2. The number of nitrogens with one attached hydrogen (secondary N) is 3. The van der Waals surface area contributed by atoms with Crippen molar-refractivity contribution in [3.05, 3.63) is 77.1 Å². The van der Waals surface area contributed by atoms with Crippen LogP contribution in [0.15, 0.2) is 48.5 Å². The molecule has 11 heteroatoms. The van der Waals surface area contributed by atoms with Crippen molar-refractivity contribution in [3.8, 4) is 0 Å². The van der Waals surface area contributed by atoms with Crippen molar-refractivity contribution in [2.24, 2.45) is 0 Å². The molecule has 2 aromatic heterocycles. The number of rotatable bonds is 3. The van der Waals surface area contributed by atoms with Gasteiger partial charge in [-0.1, -0.05) is 35.9 Å². The van der Waals surface area contributed by atoms with Gasteiger partial charge in [0.2, 0.25) is 11.7 Å². The second-order valence-corrected chi connectivity index (χ2v) is 8.25. The molecule has 0 saturated carbocycles. The monoisotopic (exact) mass is 480 g/mol. The standard InChI is InChI=1S/C16H14N6O3S.C7H7F/c1-17-16(25)14-19-13(9-6-18-11(23)7-22(9)14)20-15(24)12-8-4-2-3-5-10(8)26-21-12;1-6-2-4-7(8)5-3-6/h2-5H,6-7H2,1H3,(H,17,25)(H,18,23)(H,20,24);2-5H,1H3. The minimum absolute atomic E-state index is 0.0272. The number of halogens is 1. The molecule has 0 bridgehead atoms. The maximum Gasteiger partial charge on any atom is 0.287 e. The van der Waals surface area contributed by atoms with E-state index in [9.17, 15) is 18.8 Å². The maximum absolute atomic E-state index is 12.7. The number of hydrogen-bond donors (Lipinski definition) is 3. The summed E-state index contributed by atoms with van der Waals surface area (Å²) in [5, 5.41) is 8.65. The van der Waals surface area contributed by atoms with Gasteiger partial charge in [-0.15, -0.1) is 0 Å². The van der Waals surface area contributed by atoms with E-state index in [1.807, 2.05) is 31.2 Å². The lowest BCUT2D eigenvalue weighted by Gasteiger charge is -2.17. The summed E-state index contributed by atoms with van der Waals surface area (Å²) >= 11 is 1.24. The van der Waals surface area contributed by atoms with E-state index in [2.05, 4.69) is 25.3 Å². The lowest BCUT2D eigenvalue weighted by atomic mass is 10.2. The fourth-order valence-electron chi connectivity index (χ4n) is 3.35. The Labute approximate surface area is 198 Å². The normalized spacial score (nSPS) is 12.3. The quantitative estimate of drug-likeness (QED) is 0.417. The van der Waals surface area contributed by atoms with E-state index in [1.54, 1.807) is 12.1 Å². The summed E-state index contributed by atoms with van der Waals surface area (Å²) in [5.41, 5.74) is 1.95. The maximum atomic E-state index is 12.7. The largest absolute Gasteiger partial charge is 0.352 e. The average Bonchev–Trinajstić information content (AvgIpc) is 3.42. The minimum atomic E-state index is -0.430. The molecule has 3 heterocycles. The number of nitrogens with zero attached hydrogens (tertiary/aromatic N) is 3. The molecule has 3 amide bonds. The van der Waals surface area contributed by atoms with Crippen LogP contribution in [0.25, 0.3) is 10.1 Å². The summed E-state index contributed by atoms with van der Waals surface area (Å²) in [4.78, 5) is 40.6. The molecule has 5 rings (SSSR count). The van der Waals surface area contributed by atoms with Gasteiger partial charge in [-0.25, -0.2) is 9.37 Å². The molecule has 1 aliphatic heterocycles. The second kappa shape index (κ2) is 9.79. The smallest absolute Gasteiger partial charge is 0.287 e. The van der Waals surface area contributed by atoms with Crippen molar-refractivity contribution in [2.45, 2.75) is 20.0 Å². The van der Waals surface area contributed by atoms with Gasteiger partial charge in [-0.3, -0.25) is 14.4 Å². The lowest BCUT2D eigenvalue weighted by molar-refractivity contribution is -0.122. The molecular formula is C23H21FN6O3S. The summed E-state index contributed by atoms with van der Waals surface area (Å²) in [5.74, 6) is -0.912. The predicted octanol–water partition coefficient (Wildman–Crippen LogP) is 2.87. The van der Waals surface area contributed by atoms with Crippen molar-refractivity contribution in [3.63, 3.8) is 0 Å². The molecule has 9 nitrogen and oxygen atoms in total. The first-order chi connectivity index (χ1) is 16.4. The average molecular weight is 481 g/mol. The molecule has 0 spiro atoms. The van der Waals surface area contributed by atoms with Crippen LogP contribution in [0.1, 0.15) is 32.4 Å². The van der Waals surface area contributed by atoms with Crippen LogP contribution in [0, 0.1) is 12.7 Å². The Hall–Kier alpha value is -4.12. The van der Waals surface area contributed by atoms with E-state index in [-0.39, 0.29) is 36.5 Å². The number of carbonyl (C=O) groups excluding carboxylic acids is 3. The van der Waals surface area contributed by atoms with Crippen LogP contribution in [0.4, 0.5) is 10.2 Å². The molecule has 0 aliphatic carbocycles. The van der Waals surface area contributed by atoms with Gasteiger partial charge in [-0.05, 0) is 36.7 Å². The molecule has 174 valence electrons. The number of aromatic nitrogens is 3. The van der Waals surface area contributed by atoms with Gasteiger partial charge >= 0.3 is 0 Å². The molecule has 0 fully saturated rings. The topological polar surface area (TPSA) is 118 Å². The van der Waals surface area contributed by atoms with Gasteiger partial charge < -0.3 is 20.5 Å². The molecule has 0 radical (unpaired) electrons. The third kappa shape index (κ3) is 4.79. The molecule has 0 atom stereocenters. The third-order valence-corrected chi connectivity index (χ3v) is 5.92. The lowest BCUT2D eigenvalue weighted by Crippen LogP contribution is -2.36. The van der Waals surface area contributed by atoms with E-state index in [0.717, 1.165) is 15.6 Å². The summed E-state index contributed by atoms with van der Waals surface area (Å²) < 4.78 is 18.7. The number of amides is 3. The second-order valence-electron chi connectivity index (χ2n) is 7.45. The van der Waals surface area contributed by atoms with Crippen LogP contribution in [0.3, 0.4) is 0 Å². The Morgan fingerprint density at radius 1 is 1.12 bits per heavy atom. The Balaban J connectivity index is 0.000000291. The van der Waals surface area contributed by atoms with Crippen molar-refractivity contribution in [1.82, 2.24) is 24.6 Å². The van der Waals surface area contributed by atoms with Crippen molar-refractivity contribution in [2.75, 3.05) is 12.4 Å². The number of fused-ring (bicyclic) bond motifs is 2. The number of anilines is 1. The van der Waals surface area contributed by atoms with E-state index in [0.29, 0.717) is 11.4 Å². The van der Waals surface area contributed by atoms with E-state index >= 15 is 0 Å². The summed E-state index contributed by atoms with van der Waals surface area (Å²) in [6.07, 6.45) is 0. The highest BCUT2D eigenvalue weighted by atomic mass is 32.1. The first-order valence-corrected chi connectivity index (χ1v) is 11.1. The van der Waals surface area contributed by atoms with Gasteiger partial charge in [0.05, 0.1) is 16.9 Å². The van der Waals surface area contributed by atoms with Gasteiger partial charge in [0.15, 0.2) is 5.82 Å². The number of imidazole rings is 1. The fraction of sp³-hybridized carbons (Fsp3) is 0.174. The summed E-state index contributed by atoms with van der Waals surface area (Å²) in [6.45, 7) is 2.08. The van der Waals surface area contributed by atoms with Crippen LogP contribution in [-0.2, 0) is 17.9 Å². The van der Waals surface area contributed by atoms with Crippen LogP contribution in [-0.4, -0.2) is 38.7 Å². The highest BCUT2D eigenvalue weighted by Gasteiger charge is 2.28. The highest BCUT2D eigenvalue weighted by molar-refractivity contribution is 7.13. The molecule has 3 N–H and O–H groups in total.